The zero-order valence-electron chi connectivity index (χ0n) is 17.3. The number of carbonyl (C=O) groups excluding carboxylic acids is 1. The van der Waals surface area contributed by atoms with Crippen LogP contribution in [0.5, 0.6) is 0 Å². The van der Waals surface area contributed by atoms with Gasteiger partial charge in [0.15, 0.2) is 10.8 Å². The fourth-order valence-corrected chi connectivity index (χ4v) is 4.08. The molecule has 1 saturated heterocycles. The Kier molecular flexibility index (Phi) is 5.47. The maximum absolute atomic E-state index is 12.4. The van der Waals surface area contributed by atoms with Crippen LogP contribution in [0.3, 0.4) is 0 Å². The summed E-state index contributed by atoms with van der Waals surface area (Å²) in [5.74, 6) is 0.667. The van der Waals surface area contributed by atoms with E-state index in [1.807, 2.05) is 64.3 Å². The molecule has 0 atom stereocenters. The van der Waals surface area contributed by atoms with Crippen molar-refractivity contribution in [1.29, 1.82) is 0 Å². The first-order valence-electron chi connectivity index (χ1n) is 10.3. The highest BCUT2D eigenvalue weighted by Gasteiger charge is 2.23. The fraction of sp³-hybridized carbons (Fsp3) is 0.174. The second-order valence-corrected chi connectivity index (χ2v) is 7.81. The van der Waals surface area contributed by atoms with Gasteiger partial charge in [-0.05, 0) is 36.5 Å². The number of para-hydroxylation sites is 1. The van der Waals surface area contributed by atoms with Gasteiger partial charge in [0.05, 0.1) is 17.3 Å². The van der Waals surface area contributed by atoms with Crippen molar-refractivity contribution in [3.8, 4) is 5.69 Å². The van der Waals surface area contributed by atoms with Crippen LogP contribution >= 0.6 is 12.2 Å². The minimum Gasteiger partial charge on any atom is -0.352 e. The summed E-state index contributed by atoms with van der Waals surface area (Å²) in [4.78, 5) is 25.6. The maximum Gasteiger partial charge on any atom is 0.257 e. The number of rotatable bonds is 3. The van der Waals surface area contributed by atoms with Gasteiger partial charge in [-0.3, -0.25) is 10.1 Å². The first-order chi connectivity index (χ1) is 15.7. The van der Waals surface area contributed by atoms with Crippen molar-refractivity contribution >= 4 is 40.1 Å². The van der Waals surface area contributed by atoms with E-state index in [0.717, 1.165) is 35.6 Å². The Balaban J connectivity index is 1.28. The summed E-state index contributed by atoms with van der Waals surface area (Å²) >= 11 is 5.48. The third kappa shape index (κ3) is 3.90. The number of anilines is 1. The minimum absolute atomic E-state index is 0.191. The lowest BCUT2D eigenvalue weighted by molar-refractivity contribution is 0.0973. The number of carbonyl (C=O) groups is 1. The molecule has 0 spiro atoms. The number of nitrogens with one attached hydrogen (secondary N) is 1. The number of nitrogens with zero attached hydrogens (tertiary/aromatic N) is 6. The molecule has 2 aromatic heterocycles. The lowest BCUT2D eigenvalue weighted by Gasteiger charge is -2.36. The third-order valence-corrected chi connectivity index (χ3v) is 5.83. The molecule has 4 aromatic rings. The van der Waals surface area contributed by atoms with Crippen molar-refractivity contribution in [3.63, 3.8) is 0 Å². The Morgan fingerprint density at radius 1 is 0.906 bits per heavy atom. The Morgan fingerprint density at radius 3 is 2.31 bits per heavy atom. The second kappa shape index (κ2) is 8.72. The fourth-order valence-electron chi connectivity index (χ4n) is 3.80. The lowest BCUT2D eigenvalue weighted by atomic mass is 10.2. The van der Waals surface area contributed by atoms with E-state index < -0.39 is 0 Å². The van der Waals surface area contributed by atoms with Gasteiger partial charge >= 0.3 is 0 Å². The zero-order valence-corrected chi connectivity index (χ0v) is 18.1. The number of hydrogen-bond acceptors (Lipinski definition) is 6. The van der Waals surface area contributed by atoms with Crippen molar-refractivity contribution in [2.45, 2.75) is 0 Å². The standard InChI is InChI=1S/C23H21N7OS/c31-22(17-7-3-1-4-8-17)27-23(32)29-13-11-28(12-14-29)20-19-15-26-30(21(19)25-16-24-20)18-9-5-2-6-10-18/h1-10,15-16H,11-14H2,(H,27,31,32). The monoisotopic (exact) mass is 443 g/mol. The molecule has 160 valence electrons. The molecule has 1 aliphatic rings. The Morgan fingerprint density at radius 2 is 1.59 bits per heavy atom. The van der Waals surface area contributed by atoms with Crippen LogP contribution in [-0.4, -0.2) is 61.8 Å². The van der Waals surface area contributed by atoms with Crippen molar-refractivity contribution in [1.82, 2.24) is 30.0 Å². The number of benzene rings is 2. The molecule has 0 aliphatic carbocycles. The molecule has 0 unspecified atom stereocenters. The first-order valence-corrected chi connectivity index (χ1v) is 10.8. The van der Waals surface area contributed by atoms with Crippen LogP contribution in [0, 0.1) is 0 Å². The molecule has 1 N–H and O–H groups in total. The molecule has 1 amide bonds. The van der Waals surface area contributed by atoms with Crippen LogP contribution in [0.15, 0.2) is 73.2 Å². The molecule has 0 bridgehead atoms. The Hall–Kier alpha value is -3.85. The summed E-state index contributed by atoms with van der Waals surface area (Å²) in [5.41, 5.74) is 2.32. The van der Waals surface area contributed by atoms with Gasteiger partial charge in [-0.25, -0.2) is 14.6 Å². The maximum atomic E-state index is 12.4. The van der Waals surface area contributed by atoms with Gasteiger partial charge in [-0.15, -0.1) is 0 Å². The molecule has 1 fully saturated rings. The van der Waals surface area contributed by atoms with Crippen LogP contribution in [0.4, 0.5) is 5.82 Å². The number of piperazine rings is 1. The molecular weight excluding hydrogens is 422 g/mol. The van der Waals surface area contributed by atoms with E-state index in [1.54, 1.807) is 18.5 Å². The summed E-state index contributed by atoms with van der Waals surface area (Å²) in [6, 6.07) is 19.0. The summed E-state index contributed by atoms with van der Waals surface area (Å²) in [7, 11) is 0. The topological polar surface area (TPSA) is 79.2 Å². The molecule has 2 aromatic carbocycles. The van der Waals surface area contributed by atoms with Gasteiger partial charge in [0.2, 0.25) is 0 Å². The highest BCUT2D eigenvalue weighted by atomic mass is 32.1. The van der Waals surface area contributed by atoms with Crippen LogP contribution in [0.1, 0.15) is 10.4 Å². The summed E-state index contributed by atoms with van der Waals surface area (Å²) in [6.07, 6.45) is 3.39. The number of amides is 1. The molecule has 0 radical (unpaired) electrons. The molecule has 1 aliphatic heterocycles. The SMILES string of the molecule is O=C(NC(=S)N1CCN(c2ncnc3c2cnn3-c2ccccc2)CC1)c1ccccc1. The van der Waals surface area contributed by atoms with E-state index in [9.17, 15) is 4.79 Å². The smallest absolute Gasteiger partial charge is 0.257 e. The lowest BCUT2D eigenvalue weighted by Crippen LogP contribution is -2.52. The van der Waals surface area contributed by atoms with Crippen LogP contribution in [-0.2, 0) is 0 Å². The van der Waals surface area contributed by atoms with Crippen LogP contribution in [0.2, 0.25) is 0 Å². The van der Waals surface area contributed by atoms with E-state index in [4.69, 9.17) is 12.2 Å². The van der Waals surface area contributed by atoms with E-state index in [-0.39, 0.29) is 5.91 Å². The van der Waals surface area contributed by atoms with Gasteiger partial charge in [0.1, 0.15) is 12.1 Å². The highest BCUT2D eigenvalue weighted by Crippen LogP contribution is 2.25. The molecule has 5 rings (SSSR count). The van der Waals surface area contributed by atoms with Crippen LogP contribution < -0.4 is 10.2 Å². The number of aromatic nitrogens is 4. The van der Waals surface area contributed by atoms with E-state index in [2.05, 4.69) is 25.3 Å². The molecule has 8 nitrogen and oxygen atoms in total. The van der Waals surface area contributed by atoms with Gasteiger partial charge in [0.25, 0.3) is 5.91 Å². The van der Waals surface area contributed by atoms with Gasteiger partial charge in [-0.1, -0.05) is 36.4 Å². The first kappa shape index (κ1) is 20.1. The van der Waals surface area contributed by atoms with E-state index in [0.29, 0.717) is 23.8 Å². The predicted molar refractivity (Wildman–Crippen MR) is 127 cm³/mol. The van der Waals surface area contributed by atoms with Crippen molar-refractivity contribution in [3.05, 3.63) is 78.8 Å². The van der Waals surface area contributed by atoms with Crippen molar-refractivity contribution in [2.24, 2.45) is 0 Å². The Labute approximate surface area is 190 Å². The number of hydrogen-bond donors (Lipinski definition) is 1. The van der Waals surface area contributed by atoms with Crippen molar-refractivity contribution < 1.29 is 4.79 Å². The van der Waals surface area contributed by atoms with Gasteiger partial charge in [-0.2, -0.15) is 5.10 Å². The summed E-state index contributed by atoms with van der Waals surface area (Å²) in [5, 5.41) is 8.72. The normalized spacial score (nSPS) is 13.9. The summed E-state index contributed by atoms with van der Waals surface area (Å²) < 4.78 is 1.82. The molecule has 3 heterocycles. The summed E-state index contributed by atoms with van der Waals surface area (Å²) in [6.45, 7) is 2.83. The average Bonchev–Trinajstić information content (AvgIpc) is 3.29. The second-order valence-electron chi connectivity index (χ2n) is 7.43. The van der Waals surface area contributed by atoms with Gasteiger partial charge in [0, 0.05) is 31.7 Å². The van der Waals surface area contributed by atoms with E-state index >= 15 is 0 Å². The highest BCUT2D eigenvalue weighted by molar-refractivity contribution is 7.80. The van der Waals surface area contributed by atoms with Gasteiger partial charge < -0.3 is 9.80 Å². The number of fused-ring (bicyclic) bond motifs is 1. The van der Waals surface area contributed by atoms with Crippen molar-refractivity contribution in [2.75, 3.05) is 31.1 Å². The largest absolute Gasteiger partial charge is 0.352 e. The zero-order chi connectivity index (χ0) is 21.9. The Bertz CT molecular complexity index is 1250. The van der Waals surface area contributed by atoms with Crippen LogP contribution in [0.25, 0.3) is 16.7 Å². The molecular formula is C23H21N7OS. The van der Waals surface area contributed by atoms with E-state index in [1.165, 1.54) is 0 Å². The number of thiocarbonyl (C=S) groups is 1. The molecule has 0 saturated carbocycles. The average molecular weight is 444 g/mol. The predicted octanol–water partition coefficient (Wildman–Crippen LogP) is 2.65. The minimum atomic E-state index is -0.191. The molecule has 32 heavy (non-hydrogen) atoms. The quantitative estimate of drug-likeness (QED) is 0.488. The molecule has 9 heteroatoms. The third-order valence-electron chi connectivity index (χ3n) is 5.47.